The molecule has 1 unspecified atom stereocenters. The first-order valence-electron chi connectivity index (χ1n) is 10.6. The van der Waals surface area contributed by atoms with Crippen molar-refractivity contribution in [2.75, 3.05) is 20.8 Å². The highest BCUT2D eigenvalue weighted by atomic mass is 32.2. The highest BCUT2D eigenvalue weighted by Crippen LogP contribution is 2.39. The van der Waals surface area contributed by atoms with Crippen LogP contribution in [-0.2, 0) is 11.2 Å². The number of ether oxygens (including phenoxy) is 2. The van der Waals surface area contributed by atoms with Gasteiger partial charge in [0.15, 0.2) is 11.5 Å². The summed E-state index contributed by atoms with van der Waals surface area (Å²) in [5.41, 5.74) is 2.86. The summed E-state index contributed by atoms with van der Waals surface area (Å²) < 4.78 is 24.0. The molecule has 0 saturated heterocycles. The minimum Gasteiger partial charge on any atom is -0.493 e. The van der Waals surface area contributed by atoms with Crippen molar-refractivity contribution in [2.24, 2.45) is 0 Å². The molecule has 4 aromatic rings. The Balaban J connectivity index is 1.43. The third-order valence-electron chi connectivity index (χ3n) is 5.31. The molecule has 0 aliphatic heterocycles. The molecule has 0 bridgehead atoms. The van der Waals surface area contributed by atoms with Gasteiger partial charge in [-0.05, 0) is 48.7 Å². The average Bonchev–Trinajstić information content (AvgIpc) is 3.29. The Labute approximate surface area is 205 Å². The maximum atomic E-state index is 13.4. The highest BCUT2D eigenvalue weighted by molar-refractivity contribution is 8.00. The molecule has 2 heterocycles. The van der Waals surface area contributed by atoms with Crippen LogP contribution in [0.25, 0.3) is 21.3 Å². The van der Waals surface area contributed by atoms with Crippen LogP contribution >= 0.6 is 23.1 Å². The van der Waals surface area contributed by atoms with Gasteiger partial charge in [0.25, 0.3) is 0 Å². The third-order valence-corrected chi connectivity index (χ3v) is 7.30. The van der Waals surface area contributed by atoms with Crippen LogP contribution in [0.4, 0.5) is 4.39 Å². The summed E-state index contributed by atoms with van der Waals surface area (Å²) >= 11 is 2.89. The second kappa shape index (κ2) is 10.8. The largest absolute Gasteiger partial charge is 0.493 e. The summed E-state index contributed by atoms with van der Waals surface area (Å²) in [4.78, 5) is 22.4. The summed E-state index contributed by atoms with van der Waals surface area (Å²) in [6.07, 6.45) is 2.18. The van der Waals surface area contributed by atoms with Gasteiger partial charge in [0.2, 0.25) is 5.91 Å². The van der Waals surface area contributed by atoms with Crippen molar-refractivity contribution in [1.29, 1.82) is 0 Å². The second-order valence-corrected chi connectivity index (χ2v) is 9.69. The maximum Gasteiger partial charge on any atom is 0.233 e. The molecule has 0 radical (unpaired) electrons. The number of thiophene rings is 1. The van der Waals surface area contributed by atoms with E-state index in [1.54, 1.807) is 26.4 Å². The standard InChI is InChI=1S/C25H24FN3O3S2/c1-15(23(30)27-11-10-16-4-9-20(31-2)21(12-16)32-3)34-25-22-19(13-33-24(22)28-14-29-25)17-5-7-18(26)8-6-17/h4-9,12-15H,10-11H2,1-3H3,(H,27,30). The van der Waals surface area contributed by atoms with Gasteiger partial charge in [0.1, 0.15) is 22.0 Å². The molecule has 0 fully saturated rings. The molecule has 9 heteroatoms. The average molecular weight is 498 g/mol. The number of amides is 1. The summed E-state index contributed by atoms with van der Waals surface area (Å²) in [7, 11) is 3.20. The number of methoxy groups -OCH3 is 2. The number of carbonyl (C=O) groups excluding carboxylic acids is 1. The molecule has 2 aromatic heterocycles. The van der Waals surface area contributed by atoms with E-state index >= 15 is 0 Å². The lowest BCUT2D eigenvalue weighted by molar-refractivity contribution is -0.120. The van der Waals surface area contributed by atoms with Crippen molar-refractivity contribution in [3.63, 3.8) is 0 Å². The molecule has 2 aromatic carbocycles. The molecule has 0 saturated carbocycles. The number of benzene rings is 2. The second-order valence-electron chi connectivity index (χ2n) is 7.51. The lowest BCUT2D eigenvalue weighted by Crippen LogP contribution is -2.32. The smallest absolute Gasteiger partial charge is 0.233 e. The highest BCUT2D eigenvalue weighted by Gasteiger charge is 2.20. The number of carbonyl (C=O) groups is 1. The Morgan fingerprint density at radius 2 is 1.88 bits per heavy atom. The first-order chi connectivity index (χ1) is 16.5. The van der Waals surface area contributed by atoms with Crippen LogP contribution < -0.4 is 14.8 Å². The quantitative estimate of drug-likeness (QED) is 0.248. The Morgan fingerprint density at radius 3 is 2.62 bits per heavy atom. The van der Waals surface area contributed by atoms with E-state index < -0.39 is 0 Å². The fourth-order valence-electron chi connectivity index (χ4n) is 3.51. The molecule has 1 atom stereocenters. The van der Waals surface area contributed by atoms with Crippen molar-refractivity contribution in [1.82, 2.24) is 15.3 Å². The van der Waals surface area contributed by atoms with E-state index in [-0.39, 0.29) is 17.0 Å². The first kappa shape index (κ1) is 24.0. The number of rotatable bonds is 9. The van der Waals surface area contributed by atoms with Crippen LogP contribution in [0.5, 0.6) is 11.5 Å². The van der Waals surface area contributed by atoms with Crippen molar-refractivity contribution in [3.05, 3.63) is 65.6 Å². The Kier molecular flexibility index (Phi) is 7.64. The molecule has 0 aliphatic rings. The molecule has 1 N–H and O–H groups in total. The summed E-state index contributed by atoms with van der Waals surface area (Å²) in [6.45, 7) is 2.35. The monoisotopic (exact) mass is 497 g/mol. The zero-order valence-electron chi connectivity index (χ0n) is 19.0. The number of fused-ring (bicyclic) bond motifs is 1. The van der Waals surface area contributed by atoms with Crippen LogP contribution in [0, 0.1) is 5.82 Å². The zero-order chi connectivity index (χ0) is 24.1. The van der Waals surface area contributed by atoms with Crippen LogP contribution in [0.1, 0.15) is 12.5 Å². The fraction of sp³-hybridized carbons (Fsp3) is 0.240. The lowest BCUT2D eigenvalue weighted by Gasteiger charge is -2.13. The van der Waals surface area contributed by atoms with Crippen LogP contribution in [0.15, 0.2) is 59.2 Å². The van der Waals surface area contributed by atoms with E-state index in [0.29, 0.717) is 24.5 Å². The number of nitrogens with zero attached hydrogens (tertiary/aromatic N) is 2. The SMILES string of the molecule is COc1ccc(CCNC(=O)C(C)Sc2ncnc3scc(-c4ccc(F)cc4)c23)cc1OC. The Hall–Kier alpha value is -3.17. The number of nitrogens with one attached hydrogen (secondary N) is 1. The summed E-state index contributed by atoms with van der Waals surface area (Å²) in [5.74, 6) is 0.976. The van der Waals surface area contributed by atoms with Gasteiger partial charge < -0.3 is 14.8 Å². The van der Waals surface area contributed by atoms with Crippen LogP contribution in [-0.4, -0.2) is 41.9 Å². The van der Waals surface area contributed by atoms with Gasteiger partial charge in [0, 0.05) is 17.5 Å². The maximum absolute atomic E-state index is 13.4. The molecule has 0 spiro atoms. The van der Waals surface area contributed by atoms with E-state index in [1.807, 2.05) is 30.5 Å². The van der Waals surface area contributed by atoms with Crippen molar-refractivity contribution in [3.8, 4) is 22.6 Å². The molecule has 0 aliphatic carbocycles. The number of hydrogen-bond donors (Lipinski definition) is 1. The van der Waals surface area contributed by atoms with Gasteiger partial charge in [0.05, 0.1) is 24.9 Å². The summed E-state index contributed by atoms with van der Waals surface area (Å²) in [5, 5.41) is 6.24. The third kappa shape index (κ3) is 5.31. The number of aromatic nitrogens is 2. The predicted molar refractivity (Wildman–Crippen MR) is 134 cm³/mol. The normalized spacial score (nSPS) is 11.9. The summed E-state index contributed by atoms with van der Waals surface area (Å²) in [6, 6.07) is 12.1. The van der Waals surface area contributed by atoms with Crippen LogP contribution in [0.3, 0.4) is 0 Å². The number of thioether (sulfide) groups is 1. The van der Waals surface area contributed by atoms with Gasteiger partial charge in [-0.1, -0.05) is 30.0 Å². The van der Waals surface area contributed by atoms with E-state index in [9.17, 15) is 9.18 Å². The van der Waals surface area contributed by atoms with Crippen molar-refractivity contribution >= 4 is 39.2 Å². The molecule has 1 amide bonds. The lowest BCUT2D eigenvalue weighted by atomic mass is 10.1. The molecule has 4 rings (SSSR count). The van der Waals surface area contributed by atoms with E-state index in [4.69, 9.17) is 9.47 Å². The minimum atomic E-state index is -0.357. The minimum absolute atomic E-state index is 0.0733. The Bertz CT molecular complexity index is 1290. The molecule has 6 nitrogen and oxygen atoms in total. The van der Waals surface area contributed by atoms with Crippen molar-refractivity contribution < 1.29 is 18.7 Å². The predicted octanol–water partition coefficient (Wildman–Crippen LogP) is 5.35. The molecule has 34 heavy (non-hydrogen) atoms. The van der Waals surface area contributed by atoms with E-state index in [1.165, 1.54) is 41.6 Å². The van der Waals surface area contributed by atoms with E-state index in [2.05, 4.69) is 15.3 Å². The van der Waals surface area contributed by atoms with Gasteiger partial charge in [-0.3, -0.25) is 4.79 Å². The van der Waals surface area contributed by atoms with Crippen molar-refractivity contribution in [2.45, 2.75) is 23.6 Å². The first-order valence-corrected chi connectivity index (χ1v) is 12.4. The molecular weight excluding hydrogens is 473 g/mol. The fourth-order valence-corrected chi connectivity index (χ4v) is 5.45. The van der Waals surface area contributed by atoms with Gasteiger partial charge in [-0.25, -0.2) is 14.4 Å². The number of hydrogen-bond acceptors (Lipinski definition) is 7. The molecule has 176 valence electrons. The van der Waals surface area contributed by atoms with E-state index in [0.717, 1.165) is 31.9 Å². The van der Waals surface area contributed by atoms with Crippen LogP contribution in [0.2, 0.25) is 0 Å². The number of halogens is 1. The van der Waals surface area contributed by atoms with Gasteiger partial charge in [-0.15, -0.1) is 11.3 Å². The zero-order valence-corrected chi connectivity index (χ0v) is 20.6. The molecular formula is C25H24FN3O3S2. The Morgan fingerprint density at radius 1 is 1.12 bits per heavy atom. The topological polar surface area (TPSA) is 73.3 Å². The van der Waals surface area contributed by atoms with Gasteiger partial charge in [-0.2, -0.15) is 0 Å². The van der Waals surface area contributed by atoms with Gasteiger partial charge >= 0.3 is 0 Å².